The van der Waals surface area contributed by atoms with Gasteiger partial charge in [-0.25, -0.2) is 25.9 Å². The van der Waals surface area contributed by atoms with E-state index in [-0.39, 0.29) is 17.2 Å². The van der Waals surface area contributed by atoms with Crippen LogP contribution in [-0.4, -0.2) is 53.6 Å². The summed E-state index contributed by atoms with van der Waals surface area (Å²) < 4.78 is 57.5. The molecule has 1 aliphatic heterocycles. The molecule has 1 aliphatic rings. The molecule has 0 spiro atoms. The maximum atomic E-state index is 12.2. The van der Waals surface area contributed by atoms with Crippen LogP contribution in [0.15, 0.2) is 23.1 Å². The van der Waals surface area contributed by atoms with E-state index in [4.69, 9.17) is 4.74 Å². The highest BCUT2D eigenvalue weighted by Crippen LogP contribution is 2.21. The largest absolute Gasteiger partial charge is 0.496 e. The van der Waals surface area contributed by atoms with E-state index in [1.807, 2.05) is 0 Å². The summed E-state index contributed by atoms with van der Waals surface area (Å²) in [4.78, 5) is 0.0920. The number of sulfonamides is 2. The molecular weight excluding hydrogens is 340 g/mol. The molecule has 130 valence electrons. The Morgan fingerprint density at radius 3 is 2.39 bits per heavy atom. The van der Waals surface area contributed by atoms with E-state index in [0.29, 0.717) is 24.4 Å². The predicted octanol–water partition coefficient (Wildman–Crippen LogP) is 0.708. The summed E-state index contributed by atoms with van der Waals surface area (Å²) in [6.07, 6.45) is 1.71. The number of hydrogen-bond donors (Lipinski definition) is 1. The molecule has 0 aliphatic carbocycles. The first-order valence-corrected chi connectivity index (χ1v) is 10.5. The van der Waals surface area contributed by atoms with E-state index < -0.39 is 20.0 Å². The van der Waals surface area contributed by atoms with Gasteiger partial charge in [0.2, 0.25) is 20.0 Å². The Hall–Kier alpha value is -1.16. The quantitative estimate of drug-likeness (QED) is 0.771. The fraction of sp³-hybridized carbons (Fsp3) is 0.571. The summed E-state index contributed by atoms with van der Waals surface area (Å²) in [6.45, 7) is 2.64. The van der Waals surface area contributed by atoms with Crippen molar-refractivity contribution in [2.75, 3.05) is 32.5 Å². The second-order valence-electron chi connectivity index (χ2n) is 5.45. The normalized spacial score (nSPS) is 16.6. The van der Waals surface area contributed by atoms with E-state index in [1.54, 1.807) is 13.0 Å². The first-order chi connectivity index (χ1) is 10.8. The van der Waals surface area contributed by atoms with Gasteiger partial charge < -0.3 is 4.74 Å². The van der Waals surface area contributed by atoms with Crippen molar-refractivity contribution in [2.45, 2.75) is 24.7 Å². The fourth-order valence-electron chi connectivity index (χ4n) is 2.50. The van der Waals surface area contributed by atoms with E-state index in [0.717, 1.165) is 12.8 Å². The molecule has 1 saturated heterocycles. The SMILES string of the molecule is COc1ccc(S(=O)(=O)NCCS(=O)(=O)N2CCCC2)cc1C. The highest BCUT2D eigenvalue weighted by molar-refractivity contribution is 7.90. The van der Waals surface area contributed by atoms with E-state index in [9.17, 15) is 16.8 Å². The highest BCUT2D eigenvalue weighted by Gasteiger charge is 2.25. The Labute approximate surface area is 137 Å². The zero-order valence-electron chi connectivity index (χ0n) is 13.3. The Kier molecular flexibility index (Phi) is 5.66. The fourth-order valence-corrected chi connectivity index (χ4v) is 5.18. The molecule has 0 atom stereocenters. The molecule has 1 fully saturated rings. The second kappa shape index (κ2) is 7.16. The van der Waals surface area contributed by atoms with Crippen LogP contribution in [0.25, 0.3) is 0 Å². The number of ether oxygens (including phenoxy) is 1. The third-order valence-corrected chi connectivity index (χ3v) is 7.12. The maximum Gasteiger partial charge on any atom is 0.240 e. The lowest BCUT2D eigenvalue weighted by molar-refractivity contribution is 0.411. The van der Waals surface area contributed by atoms with E-state index in [2.05, 4.69) is 4.72 Å². The highest BCUT2D eigenvalue weighted by atomic mass is 32.2. The van der Waals surface area contributed by atoms with Gasteiger partial charge in [0.25, 0.3) is 0 Å². The first-order valence-electron chi connectivity index (χ1n) is 7.38. The zero-order valence-corrected chi connectivity index (χ0v) is 14.9. The maximum absolute atomic E-state index is 12.2. The molecule has 0 saturated carbocycles. The van der Waals surface area contributed by atoms with Crippen LogP contribution in [0.4, 0.5) is 0 Å². The number of nitrogens with one attached hydrogen (secondary N) is 1. The number of hydrogen-bond acceptors (Lipinski definition) is 5. The van der Waals surface area contributed by atoms with Crippen molar-refractivity contribution >= 4 is 20.0 Å². The summed E-state index contributed by atoms with van der Waals surface area (Å²) in [7, 11) is -5.63. The Morgan fingerprint density at radius 2 is 1.83 bits per heavy atom. The van der Waals surface area contributed by atoms with Crippen molar-refractivity contribution in [1.82, 2.24) is 9.03 Å². The molecule has 1 aromatic carbocycles. The molecule has 0 amide bonds. The average Bonchev–Trinajstić information content (AvgIpc) is 3.01. The molecule has 1 aromatic rings. The van der Waals surface area contributed by atoms with Crippen molar-refractivity contribution in [3.05, 3.63) is 23.8 Å². The number of benzene rings is 1. The van der Waals surface area contributed by atoms with Crippen LogP contribution < -0.4 is 9.46 Å². The van der Waals surface area contributed by atoms with Crippen molar-refractivity contribution < 1.29 is 21.6 Å². The van der Waals surface area contributed by atoms with Gasteiger partial charge in [-0.3, -0.25) is 0 Å². The molecule has 0 aromatic heterocycles. The second-order valence-corrected chi connectivity index (χ2v) is 9.31. The lowest BCUT2D eigenvalue weighted by atomic mass is 10.2. The topological polar surface area (TPSA) is 92.8 Å². The average molecular weight is 362 g/mol. The Morgan fingerprint density at radius 1 is 1.17 bits per heavy atom. The van der Waals surface area contributed by atoms with Gasteiger partial charge in [0.05, 0.1) is 17.8 Å². The number of methoxy groups -OCH3 is 1. The number of aryl methyl sites for hydroxylation is 1. The van der Waals surface area contributed by atoms with Gasteiger partial charge in [0, 0.05) is 19.6 Å². The first kappa shape index (κ1) is 18.2. The van der Waals surface area contributed by atoms with Crippen LogP contribution in [-0.2, 0) is 20.0 Å². The zero-order chi connectivity index (χ0) is 17.1. The number of rotatable bonds is 7. The van der Waals surface area contributed by atoms with Crippen LogP contribution in [0.1, 0.15) is 18.4 Å². The van der Waals surface area contributed by atoms with E-state index >= 15 is 0 Å². The predicted molar refractivity (Wildman–Crippen MR) is 87.5 cm³/mol. The molecule has 0 radical (unpaired) electrons. The molecule has 0 bridgehead atoms. The minimum absolute atomic E-state index is 0.0920. The molecule has 7 nitrogen and oxygen atoms in total. The monoisotopic (exact) mass is 362 g/mol. The lowest BCUT2D eigenvalue weighted by Gasteiger charge is -2.15. The Balaban J connectivity index is 2.00. The summed E-state index contributed by atoms with van der Waals surface area (Å²) in [5.41, 5.74) is 0.695. The van der Waals surface area contributed by atoms with Crippen LogP contribution >= 0.6 is 0 Å². The van der Waals surface area contributed by atoms with Gasteiger partial charge in [-0.1, -0.05) is 0 Å². The smallest absolute Gasteiger partial charge is 0.240 e. The van der Waals surface area contributed by atoms with Crippen molar-refractivity contribution in [2.24, 2.45) is 0 Å². The van der Waals surface area contributed by atoms with Crippen molar-refractivity contribution in [3.63, 3.8) is 0 Å². The molecule has 1 heterocycles. The molecule has 0 unspecified atom stereocenters. The third-order valence-electron chi connectivity index (χ3n) is 3.79. The van der Waals surface area contributed by atoms with E-state index in [1.165, 1.54) is 23.5 Å². The number of nitrogens with zero attached hydrogens (tertiary/aromatic N) is 1. The van der Waals surface area contributed by atoms with Crippen molar-refractivity contribution in [1.29, 1.82) is 0 Å². The van der Waals surface area contributed by atoms with Gasteiger partial charge >= 0.3 is 0 Å². The summed E-state index contributed by atoms with van der Waals surface area (Å²) in [5.74, 6) is 0.363. The Bertz CT molecular complexity index is 753. The van der Waals surface area contributed by atoms with Crippen LogP contribution in [0.5, 0.6) is 5.75 Å². The molecule has 1 N–H and O–H groups in total. The van der Waals surface area contributed by atoms with Gasteiger partial charge in [0.1, 0.15) is 5.75 Å². The molecule has 23 heavy (non-hydrogen) atoms. The standard InChI is InChI=1S/C14H22N2O5S2/c1-12-11-13(5-6-14(12)21-2)23(19,20)15-7-10-22(17,18)16-8-3-4-9-16/h5-6,11,15H,3-4,7-10H2,1-2H3. The molecule has 9 heteroatoms. The van der Waals surface area contributed by atoms with Crippen molar-refractivity contribution in [3.8, 4) is 5.75 Å². The summed E-state index contributed by atoms with van der Waals surface area (Å²) in [6, 6.07) is 4.50. The van der Waals surface area contributed by atoms with Gasteiger partial charge in [-0.15, -0.1) is 0 Å². The summed E-state index contributed by atoms with van der Waals surface area (Å²) in [5, 5.41) is 0. The minimum Gasteiger partial charge on any atom is -0.496 e. The lowest BCUT2D eigenvalue weighted by Crippen LogP contribution is -2.36. The minimum atomic E-state index is -3.74. The summed E-state index contributed by atoms with van der Waals surface area (Å²) >= 11 is 0. The van der Waals surface area contributed by atoms with Gasteiger partial charge in [-0.2, -0.15) is 0 Å². The third kappa shape index (κ3) is 4.43. The van der Waals surface area contributed by atoms with Crippen LogP contribution in [0, 0.1) is 6.92 Å². The molecular formula is C14H22N2O5S2. The molecule has 2 rings (SSSR count). The van der Waals surface area contributed by atoms with Gasteiger partial charge in [-0.05, 0) is 43.5 Å². The van der Waals surface area contributed by atoms with Crippen LogP contribution in [0.2, 0.25) is 0 Å². The van der Waals surface area contributed by atoms with Crippen LogP contribution in [0.3, 0.4) is 0 Å². The van der Waals surface area contributed by atoms with Gasteiger partial charge in [0.15, 0.2) is 0 Å².